The summed E-state index contributed by atoms with van der Waals surface area (Å²) in [5.74, 6) is -1.12. The number of hydrogen-bond acceptors (Lipinski definition) is 4. The fraction of sp³-hybridized carbons (Fsp3) is 0.429. The lowest BCUT2D eigenvalue weighted by Gasteiger charge is -2.32. The Hall–Kier alpha value is -1.64. The molecule has 1 heterocycles. The Balaban J connectivity index is 2.24. The van der Waals surface area contributed by atoms with Gasteiger partial charge in [0.25, 0.3) is 0 Å². The number of nitrogens with one attached hydrogen (secondary N) is 1. The summed E-state index contributed by atoms with van der Waals surface area (Å²) in [5.41, 5.74) is 5.63. The highest BCUT2D eigenvalue weighted by molar-refractivity contribution is 7.88. The van der Waals surface area contributed by atoms with Gasteiger partial charge in [0.15, 0.2) is 0 Å². The topological polar surface area (TPSA) is 110 Å². The fourth-order valence-corrected chi connectivity index (χ4v) is 3.84. The monoisotopic (exact) mass is 359 g/mol. The second kappa shape index (κ2) is 6.86. The molecule has 1 aromatic carbocycles. The smallest absolute Gasteiger partial charge is 0.248 e. The predicted octanol–water partition coefficient (Wildman–Crippen LogP) is 1.19. The number of rotatable bonds is 4. The molecule has 7 nitrogen and oxygen atoms in total. The summed E-state index contributed by atoms with van der Waals surface area (Å²) in [6.45, 7) is 0.311. The molecule has 3 N–H and O–H groups in total. The number of carbonyl (C=O) groups is 2. The second-order valence-electron chi connectivity index (χ2n) is 5.43. The van der Waals surface area contributed by atoms with Gasteiger partial charge in [-0.15, -0.1) is 0 Å². The van der Waals surface area contributed by atoms with Crippen molar-refractivity contribution in [3.8, 4) is 0 Å². The zero-order valence-corrected chi connectivity index (χ0v) is 14.2. The van der Waals surface area contributed by atoms with E-state index in [-0.39, 0.29) is 16.3 Å². The van der Waals surface area contributed by atoms with Gasteiger partial charge in [-0.05, 0) is 31.0 Å². The van der Waals surface area contributed by atoms with Crippen molar-refractivity contribution in [3.05, 3.63) is 28.8 Å². The van der Waals surface area contributed by atoms with E-state index in [1.54, 1.807) is 0 Å². The molecule has 1 aliphatic heterocycles. The highest BCUT2D eigenvalue weighted by atomic mass is 35.5. The molecule has 2 rings (SSSR count). The van der Waals surface area contributed by atoms with Crippen molar-refractivity contribution in [2.24, 2.45) is 5.73 Å². The molecule has 0 bridgehead atoms. The molecule has 1 saturated heterocycles. The van der Waals surface area contributed by atoms with Crippen LogP contribution in [0.4, 0.5) is 5.69 Å². The third-order valence-corrected chi connectivity index (χ3v) is 5.31. The van der Waals surface area contributed by atoms with Gasteiger partial charge in [0.05, 0.1) is 17.0 Å². The molecule has 0 unspecified atom stereocenters. The summed E-state index contributed by atoms with van der Waals surface area (Å²) < 4.78 is 24.8. The van der Waals surface area contributed by atoms with E-state index in [0.29, 0.717) is 13.0 Å². The summed E-state index contributed by atoms with van der Waals surface area (Å²) >= 11 is 6.01. The third-order valence-electron chi connectivity index (χ3n) is 3.69. The van der Waals surface area contributed by atoms with Gasteiger partial charge in [0, 0.05) is 12.1 Å². The Bertz CT molecular complexity index is 736. The van der Waals surface area contributed by atoms with Crippen LogP contribution in [-0.2, 0) is 14.8 Å². The van der Waals surface area contributed by atoms with Crippen molar-refractivity contribution in [1.29, 1.82) is 0 Å². The molecule has 0 spiro atoms. The normalized spacial score (nSPS) is 19.3. The zero-order chi connectivity index (χ0) is 17.2. The minimum atomic E-state index is -3.48. The van der Waals surface area contributed by atoms with Crippen molar-refractivity contribution in [1.82, 2.24) is 4.31 Å². The van der Waals surface area contributed by atoms with E-state index in [1.165, 1.54) is 22.5 Å². The minimum Gasteiger partial charge on any atom is -0.366 e. The van der Waals surface area contributed by atoms with Gasteiger partial charge >= 0.3 is 0 Å². The molecule has 0 aromatic heterocycles. The molecule has 1 fully saturated rings. The Kier molecular flexibility index (Phi) is 5.28. The SMILES string of the molecule is CS(=O)(=O)N1CCCC[C@H]1C(=O)Nc1cc(C(N)=O)ccc1Cl. The number of halogens is 1. The van der Waals surface area contributed by atoms with Crippen molar-refractivity contribution < 1.29 is 18.0 Å². The van der Waals surface area contributed by atoms with Gasteiger partial charge in [-0.2, -0.15) is 4.31 Å². The molecule has 23 heavy (non-hydrogen) atoms. The highest BCUT2D eigenvalue weighted by Gasteiger charge is 2.34. The third kappa shape index (κ3) is 4.21. The lowest BCUT2D eigenvalue weighted by molar-refractivity contribution is -0.120. The summed E-state index contributed by atoms with van der Waals surface area (Å²) in [6, 6.07) is 3.49. The van der Waals surface area contributed by atoms with Crippen LogP contribution < -0.4 is 11.1 Å². The standard InChI is InChI=1S/C14H18ClN3O4S/c1-23(21,22)18-7-3-2-4-12(18)14(20)17-11-8-9(13(16)19)5-6-10(11)15/h5-6,8,12H,2-4,7H2,1H3,(H2,16,19)(H,17,20)/t12-/m0/s1. The van der Waals surface area contributed by atoms with Gasteiger partial charge in [-0.25, -0.2) is 8.42 Å². The van der Waals surface area contributed by atoms with Crippen LogP contribution in [0, 0.1) is 0 Å². The lowest BCUT2D eigenvalue weighted by Crippen LogP contribution is -2.49. The molecule has 1 aliphatic rings. The van der Waals surface area contributed by atoms with Gasteiger partial charge in [-0.3, -0.25) is 9.59 Å². The molecule has 126 valence electrons. The summed E-state index contributed by atoms with van der Waals surface area (Å²) in [7, 11) is -3.48. The Morgan fingerprint density at radius 2 is 2.04 bits per heavy atom. The first-order valence-electron chi connectivity index (χ1n) is 7.07. The molecule has 1 aromatic rings. The molecule has 0 aliphatic carbocycles. The molecule has 0 radical (unpaired) electrons. The maximum Gasteiger partial charge on any atom is 0.248 e. The first-order valence-corrected chi connectivity index (χ1v) is 9.30. The molecular weight excluding hydrogens is 342 g/mol. The van der Waals surface area contributed by atoms with Gasteiger partial charge < -0.3 is 11.1 Å². The number of nitrogens with two attached hydrogens (primary N) is 1. The van der Waals surface area contributed by atoms with E-state index in [4.69, 9.17) is 17.3 Å². The van der Waals surface area contributed by atoms with E-state index >= 15 is 0 Å². The van der Waals surface area contributed by atoms with Crippen molar-refractivity contribution in [2.75, 3.05) is 18.1 Å². The minimum absolute atomic E-state index is 0.202. The van der Waals surface area contributed by atoms with Crippen LogP contribution in [0.15, 0.2) is 18.2 Å². The first-order chi connectivity index (χ1) is 10.7. The number of sulfonamides is 1. The number of benzene rings is 1. The van der Waals surface area contributed by atoms with Crippen LogP contribution in [-0.4, -0.2) is 43.4 Å². The molecule has 2 amide bonds. The van der Waals surface area contributed by atoms with E-state index in [0.717, 1.165) is 19.1 Å². The number of primary amides is 1. The maximum absolute atomic E-state index is 12.5. The van der Waals surface area contributed by atoms with E-state index in [2.05, 4.69) is 5.32 Å². The molecule has 0 saturated carbocycles. The number of nitrogens with zero attached hydrogens (tertiary/aromatic N) is 1. The zero-order valence-electron chi connectivity index (χ0n) is 12.6. The van der Waals surface area contributed by atoms with Crippen LogP contribution >= 0.6 is 11.6 Å². The number of hydrogen-bond donors (Lipinski definition) is 2. The Morgan fingerprint density at radius 3 is 2.65 bits per heavy atom. The quantitative estimate of drug-likeness (QED) is 0.841. The van der Waals surface area contributed by atoms with Gasteiger partial charge in [-0.1, -0.05) is 18.0 Å². The average molecular weight is 360 g/mol. The number of piperidine rings is 1. The summed E-state index contributed by atoms with van der Waals surface area (Å²) in [6.07, 6.45) is 3.00. The molecule has 1 atom stereocenters. The van der Waals surface area contributed by atoms with Crippen molar-refractivity contribution in [2.45, 2.75) is 25.3 Å². The highest BCUT2D eigenvalue weighted by Crippen LogP contribution is 2.26. The van der Waals surface area contributed by atoms with E-state index in [1.807, 2.05) is 0 Å². The number of anilines is 1. The fourth-order valence-electron chi connectivity index (χ4n) is 2.55. The van der Waals surface area contributed by atoms with Crippen LogP contribution in [0.3, 0.4) is 0 Å². The summed E-state index contributed by atoms with van der Waals surface area (Å²) in [4.78, 5) is 23.7. The Labute approximate surface area is 139 Å². The van der Waals surface area contributed by atoms with Crippen LogP contribution in [0.1, 0.15) is 29.6 Å². The predicted molar refractivity (Wildman–Crippen MR) is 87.8 cm³/mol. The van der Waals surface area contributed by atoms with Crippen LogP contribution in [0.25, 0.3) is 0 Å². The molecular formula is C14H18ClN3O4S. The Morgan fingerprint density at radius 1 is 1.35 bits per heavy atom. The van der Waals surface area contributed by atoms with E-state index in [9.17, 15) is 18.0 Å². The van der Waals surface area contributed by atoms with Crippen LogP contribution in [0.2, 0.25) is 5.02 Å². The van der Waals surface area contributed by atoms with Gasteiger partial charge in [0.2, 0.25) is 21.8 Å². The number of amides is 2. The van der Waals surface area contributed by atoms with Crippen LogP contribution in [0.5, 0.6) is 0 Å². The van der Waals surface area contributed by atoms with Crippen molar-refractivity contribution in [3.63, 3.8) is 0 Å². The van der Waals surface area contributed by atoms with E-state index < -0.39 is 27.9 Å². The second-order valence-corrected chi connectivity index (χ2v) is 7.78. The van der Waals surface area contributed by atoms with Gasteiger partial charge in [0.1, 0.15) is 6.04 Å². The first kappa shape index (κ1) is 17.7. The maximum atomic E-state index is 12.5. The largest absolute Gasteiger partial charge is 0.366 e. The molecule has 9 heteroatoms. The number of carbonyl (C=O) groups excluding carboxylic acids is 2. The lowest BCUT2D eigenvalue weighted by atomic mass is 10.0. The van der Waals surface area contributed by atoms with Crippen molar-refractivity contribution >= 4 is 39.1 Å². The summed E-state index contributed by atoms with van der Waals surface area (Å²) in [5, 5.41) is 2.83. The average Bonchev–Trinajstić information content (AvgIpc) is 2.48.